The molecule has 3 atom stereocenters. The summed E-state index contributed by atoms with van der Waals surface area (Å²) in [4.78, 5) is 24.4. The molecular formula is C22H28N6O5. The van der Waals surface area contributed by atoms with Gasteiger partial charge in [-0.3, -0.25) is 14.8 Å². The molecule has 33 heavy (non-hydrogen) atoms. The molecule has 6 rings (SSSR count). The molecule has 176 valence electrons. The van der Waals surface area contributed by atoms with E-state index in [-0.39, 0.29) is 24.2 Å². The Balaban J connectivity index is 1.22. The Kier molecular flexibility index (Phi) is 5.19. The van der Waals surface area contributed by atoms with E-state index in [1.165, 1.54) is 0 Å². The van der Waals surface area contributed by atoms with Crippen LogP contribution in [0, 0.1) is 0 Å². The van der Waals surface area contributed by atoms with Crippen LogP contribution in [0.2, 0.25) is 0 Å². The molecule has 3 N–H and O–H groups in total. The van der Waals surface area contributed by atoms with Crippen molar-refractivity contribution in [3.05, 3.63) is 18.0 Å². The van der Waals surface area contributed by atoms with Crippen molar-refractivity contribution in [2.45, 2.75) is 62.2 Å². The maximum Gasteiger partial charge on any atom is 0.256 e. The second kappa shape index (κ2) is 8.23. The van der Waals surface area contributed by atoms with Gasteiger partial charge in [-0.2, -0.15) is 4.98 Å². The first-order valence-corrected chi connectivity index (χ1v) is 11.7. The Hall–Kier alpha value is -2.76. The summed E-state index contributed by atoms with van der Waals surface area (Å²) < 4.78 is 16.8. The summed E-state index contributed by atoms with van der Waals surface area (Å²) in [7, 11) is 0. The summed E-state index contributed by atoms with van der Waals surface area (Å²) in [6, 6.07) is -0.0340. The minimum atomic E-state index is -0.470. The van der Waals surface area contributed by atoms with E-state index in [0.29, 0.717) is 56.2 Å². The maximum atomic E-state index is 13.4. The SMILES string of the molecule is O=C1N([C@@H]2CCC[C@@H](O)C2)c2nc(Nc3c[nH]nc3OC[C@H]3COCCO3)ncc2C12CC2. The highest BCUT2D eigenvalue weighted by molar-refractivity contribution is 6.09. The van der Waals surface area contributed by atoms with Crippen LogP contribution in [0.1, 0.15) is 44.1 Å². The number of aromatic amines is 1. The first-order chi connectivity index (χ1) is 16.1. The number of hydrogen-bond donors (Lipinski definition) is 3. The molecule has 11 nitrogen and oxygen atoms in total. The molecule has 1 spiro atoms. The lowest BCUT2D eigenvalue weighted by molar-refractivity contribution is -0.121. The number of carbonyl (C=O) groups excluding carboxylic acids is 1. The molecule has 0 radical (unpaired) electrons. The van der Waals surface area contributed by atoms with Crippen molar-refractivity contribution in [2.24, 2.45) is 0 Å². The van der Waals surface area contributed by atoms with Gasteiger partial charge >= 0.3 is 0 Å². The minimum absolute atomic E-state index is 0.0340. The fourth-order valence-corrected chi connectivity index (χ4v) is 5.12. The smallest absolute Gasteiger partial charge is 0.256 e. The number of aliphatic hydroxyl groups excluding tert-OH is 1. The van der Waals surface area contributed by atoms with Crippen molar-refractivity contribution >= 4 is 23.4 Å². The summed E-state index contributed by atoms with van der Waals surface area (Å²) in [5.41, 5.74) is 1.02. The number of aliphatic hydroxyl groups is 1. The third kappa shape index (κ3) is 3.73. The number of anilines is 3. The number of rotatable bonds is 6. The Morgan fingerprint density at radius 2 is 2.24 bits per heavy atom. The molecule has 1 amide bonds. The summed E-state index contributed by atoms with van der Waals surface area (Å²) in [5.74, 6) is 1.51. The van der Waals surface area contributed by atoms with Crippen molar-refractivity contribution in [3.8, 4) is 5.88 Å². The van der Waals surface area contributed by atoms with Crippen LogP contribution in [0.3, 0.4) is 0 Å². The number of carbonyl (C=O) groups is 1. The summed E-state index contributed by atoms with van der Waals surface area (Å²) in [6.07, 6.45) is 7.72. The Labute approximate surface area is 190 Å². The lowest BCUT2D eigenvalue weighted by Crippen LogP contribution is -2.44. The zero-order valence-corrected chi connectivity index (χ0v) is 18.3. The Morgan fingerprint density at radius 1 is 1.33 bits per heavy atom. The van der Waals surface area contributed by atoms with Crippen molar-refractivity contribution in [2.75, 3.05) is 36.6 Å². The van der Waals surface area contributed by atoms with Crippen LogP contribution in [-0.4, -0.2) is 75.9 Å². The van der Waals surface area contributed by atoms with Crippen LogP contribution in [0.15, 0.2) is 12.4 Å². The molecule has 4 aliphatic rings. The molecule has 2 aromatic heterocycles. The van der Waals surface area contributed by atoms with Crippen LogP contribution < -0.4 is 15.0 Å². The molecule has 0 unspecified atom stereocenters. The third-order valence-electron chi connectivity index (χ3n) is 7.02. The van der Waals surface area contributed by atoms with Crippen LogP contribution in [0.5, 0.6) is 5.88 Å². The number of hydrogen-bond acceptors (Lipinski definition) is 9. The Morgan fingerprint density at radius 3 is 3.03 bits per heavy atom. The second-order valence-corrected chi connectivity index (χ2v) is 9.27. The monoisotopic (exact) mass is 456 g/mol. The van der Waals surface area contributed by atoms with Gasteiger partial charge in [-0.1, -0.05) is 0 Å². The van der Waals surface area contributed by atoms with Crippen LogP contribution in [-0.2, 0) is 19.7 Å². The van der Waals surface area contributed by atoms with Gasteiger partial charge < -0.3 is 24.6 Å². The number of amides is 1. The van der Waals surface area contributed by atoms with Crippen molar-refractivity contribution in [1.29, 1.82) is 0 Å². The number of H-pyrrole nitrogens is 1. The van der Waals surface area contributed by atoms with Gasteiger partial charge in [0.25, 0.3) is 5.88 Å². The number of nitrogens with one attached hydrogen (secondary N) is 2. The normalized spacial score (nSPS) is 28.1. The highest BCUT2D eigenvalue weighted by atomic mass is 16.6. The maximum absolute atomic E-state index is 13.4. The minimum Gasteiger partial charge on any atom is -0.472 e. The van der Waals surface area contributed by atoms with E-state index < -0.39 is 5.41 Å². The molecule has 0 bridgehead atoms. The number of ether oxygens (including phenoxy) is 3. The van der Waals surface area contributed by atoms with Gasteiger partial charge in [-0.15, -0.1) is 5.10 Å². The van der Waals surface area contributed by atoms with Crippen LogP contribution in [0.25, 0.3) is 0 Å². The number of nitrogens with zero attached hydrogens (tertiary/aromatic N) is 4. The highest BCUT2D eigenvalue weighted by Crippen LogP contribution is 2.57. The average Bonchev–Trinajstić information content (AvgIpc) is 3.46. The molecule has 2 aromatic rings. The molecule has 2 aliphatic carbocycles. The first kappa shape index (κ1) is 20.8. The van der Waals surface area contributed by atoms with E-state index >= 15 is 0 Å². The van der Waals surface area contributed by atoms with E-state index in [1.807, 2.05) is 4.90 Å². The van der Waals surface area contributed by atoms with E-state index in [9.17, 15) is 9.90 Å². The summed E-state index contributed by atoms with van der Waals surface area (Å²) in [5, 5.41) is 20.3. The number of fused-ring (bicyclic) bond motifs is 2. The lowest BCUT2D eigenvalue weighted by atomic mass is 9.92. The fourth-order valence-electron chi connectivity index (χ4n) is 5.12. The molecule has 0 aromatic carbocycles. The van der Waals surface area contributed by atoms with Gasteiger partial charge in [0.2, 0.25) is 11.9 Å². The van der Waals surface area contributed by atoms with E-state index in [2.05, 4.69) is 20.5 Å². The molecular weight excluding hydrogens is 428 g/mol. The third-order valence-corrected chi connectivity index (χ3v) is 7.02. The number of aromatic nitrogens is 4. The highest BCUT2D eigenvalue weighted by Gasteiger charge is 2.61. The van der Waals surface area contributed by atoms with Gasteiger partial charge in [-0.05, 0) is 38.5 Å². The fraction of sp³-hybridized carbons (Fsp3) is 0.636. The van der Waals surface area contributed by atoms with E-state index in [0.717, 1.165) is 37.7 Å². The van der Waals surface area contributed by atoms with Crippen molar-refractivity contribution in [3.63, 3.8) is 0 Å². The van der Waals surface area contributed by atoms with Crippen LogP contribution >= 0.6 is 0 Å². The zero-order valence-electron chi connectivity index (χ0n) is 18.3. The lowest BCUT2D eigenvalue weighted by Gasteiger charge is -2.33. The van der Waals surface area contributed by atoms with Gasteiger partial charge in [0.1, 0.15) is 24.2 Å². The van der Waals surface area contributed by atoms with Gasteiger partial charge in [0.05, 0.1) is 31.3 Å². The van der Waals surface area contributed by atoms with Gasteiger partial charge in [-0.25, -0.2) is 4.98 Å². The predicted octanol–water partition coefficient (Wildman–Crippen LogP) is 1.42. The summed E-state index contributed by atoms with van der Waals surface area (Å²) >= 11 is 0. The van der Waals surface area contributed by atoms with Crippen molar-refractivity contribution in [1.82, 2.24) is 20.2 Å². The van der Waals surface area contributed by atoms with E-state index in [1.54, 1.807) is 12.4 Å². The molecule has 4 heterocycles. The van der Waals surface area contributed by atoms with Gasteiger partial charge in [0.15, 0.2) is 0 Å². The van der Waals surface area contributed by atoms with Crippen molar-refractivity contribution < 1.29 is 24.1 Å². The quantitative estimate of drug-likeness (QED) is 0.590. The molecule has 2 saturated carbocycles. The molecule has 11 heteroatoms. The van der Waals surface area contributed by atoms with Crippen LogP contribution in [0.4, 0.5) is 17.5 Å². The second-order valence-electron chi connectivity index (χ2n) is 9.27. The molecule has 3 fully saturated rings. The van der Waals surface area contributed by atoms with Gasteiger partial charge in [0, 0.05) is 24.0 Å². The summed E-state index contributed by atoms with van der Waals surface area (Å²) in [6.45, 7) is 1.96. The largest absolute Gasteiger partial charge is 0.472 e. The average molecular weight is 457 g/mol. The topological polar surface area (TPSA) is 135 Å². The standard InChI is InChI=1S/C22H28N6O5/c29-14-3-1-2-13(8-14)28-18-16(22(4-5-22)20(28)30)9-23-21(26-18)25-17-10-24-27-19(17)33-12-15-11-31-6-7-32-15/h9-10,13-15,29H,1-8,11-12H2,(H,24,27)(H,23,25,26)/t13-,14-,15-/m1/s1. The molecule has 2 aliphatic heterocycles. The first-order valence-electron chi connectivity index (χ1n) is 11.7. The zero-order chi connectivity index (χ0) is 22.4. The Bertz CT molecular complexity index is 1030. The molecule has 1 saturated heterocycles. The predicted molar refractivity (Wildman–Crippen MR) is 117 cm³/mol. The van der Waals surface area contributed by atoms with E-state index in [4.69, 9.17) is 19.2 Å².